The van der Waals surface area contributed by atoms with Crippen LogP contribution in [0.5, 0.6) is 0 Å². The quantitative estimate of drug-likeness (QED) is 0.776. The number of rotatable bonds is 6. The number of ether oxygens (including phenoxy) is 2. The molecule has 1 saturated heterocycles. The molecule has 1 aliphatic rings. The van der Waals surface area contributed by atoms with E-state index in [0.29, 0.717) is 19.2 Å². The number of likely N-dealkylation sites (tertiary alicyclic amines) is 1. The minimum atomic E-state index is -0.507. The monoisotopic (exact) mass is 360 g/mol. The van der Waals surface area contributed by atoms with Crippen molar-refractivity contribution in [3.05, 3.63) is 48.0 Å². The van der Waals surface area contributed by atoms with Crippen LogP contribution >= 0.6 is 0 Å². The van der Waals surface area contributed by atoms with E-state index < -0.39 is 5.60 Å². The van der Waals surface area contributed by atoms with Crippen molar-refractivity contribution in [1.82, 2.24) is 10.2 Å². The second kappa shape index (κ2) is 9.74. The Balaban J connectivity index is 1.95. The van der Waals surface area contributed by atoms with E-state index in [0.717, 1.165) is 19.4 Å². The van der Waals surface area contributed by atoms with Gasteiger partial charge in [0.25, 0.3) is 0 Å². The summed E-state index contributed by atoms with van der Waals surface area (Å²) >= 11 is 0. The molecule has 1 amide bonds. The molecule has 0 saturated carbocycles. The number of amides is 1. The largest absolute Gasteiger partial charge is 0.444 e. The molecule has 5 heteroatoms. The molecule has 1 aliphatic heterocycles. The number of allylic oxidation sites excluding steroid dienone is 1. The van der Waals surface area contributed by atoms with Crippen LogP contribution < -0.4 is 5.32 Å². The number of hydrogen-bond acceptors (Lipinski definition) is 4. The average Bonchev–Trinajstić information content (AvgIpc) is 2.60. The van der Waals surface area contributed by atoms with Crippen LogP contribution in [-0.2, 0) is 16.0 Å². The zero-order valence-electron chi connectivity index (χ0n) is 16.4. The van der Waals surface area contributed by atoms with Crippen LogP contribution in [0.3, 0.4) is 0 Å². The number of nitrogens with zero attached hydrogens (tertiary/aromatic N) is 1. The number of carbonyl (C=O) groups excluding carboxylic acids is 1. The van der Waals surface area contributed by atoms with Gasteiger partial charge in [0.1, 0.15) is 11.8 Å². The molecule has 0 radical (unpaired) electrons. The molecule has 2 rings (SSSR count). The van der Waals surface area contributed by atoms with Crippen LogP contribution in [0.4, 0.5) is 4.79 Å². The maximum atomic E-state index is 12.5. The third-order valence-corrected chi connectivity index (χ3v) is 4.24. The van der Waals surface area contributed by atoms with Crippen molar-refractivity contribution in [2.45, 2.75) is 65.0 Å². The zero-order valence-corrected chi connectivity index (χ0v) is 16.4. The maximum absolute atomic E-state index is 12.5. The SMILES string of the molecule is C/C=C/COC1CC(NCc2ccccc2)CCN1C(=O)OC(C)(C)C. The number of carbonyl (C=O) groups is 1. The summed E-state index contributed by atoms with van der Waals surface area (Å²) in [5, 5.41) is 3.59. The van der Waals surface area contributed by atoms with Crippen LogP contribution in [0.1, 0.15) is 46.1 Å². The van der Waals surface area contributed by atoms with Crippen LogP contribution in [-0.4, -0.2) is 42.0 Å². The lowest BCUT2D eigenvalue weighted by atomic mass is 10.0. The minimum absolute atomic E-state index is 0.275. The average molecular weight is 360 g/mol. The van der Waals surface area contributed by atoms with E-state index in [-0.39, 0.29) is 12.3 Å². The fourth-order valence-corrected chi connectivity index (χ4v) is 2.92. The second-order valence-electron chi connectivity index (χ2n) is 7.62. The Morgan fingerprint density at radius 1 is 1.31 bits per heavy atom. The summed E-state index contributed by atoms with van der Waals surface area (Å²) in [5.74, 6) is 0. The fraction of sp³-hybridized carbons (Fsp3) is 0.571. The van der Waals surface area contributed by atoms with E-state index in [1.54, 1.807) is 4.90 Å². The summed E-state index contributed by atoms with van der Waals surface area (Å²) < 4.78 is 11.5. The van der Waals surface area contributed by atoms with Crippen LogP contribution in [0, 0.1) is 0 Å². The molecule has 0 aliphatic carbocycles. The molecular formula is C21H32N2O3. The van der Waals surface area contributed by atoms with Gasteiger partial charge < -0.3 is 14.8 Å². The Morgan fingerprint density at radius 2 is 2.04 bits per heavy atom. The van der Waals surface area contributed by atoms with Gasteiger partial charge in [-0.2, -0.15) is 0 Å². The first-order valence-corrected chi connectivity index (χ1v) is 9.38. The lowest BCUT2D eigenvalue weighted by molar-refractivity contribution is -0.0813. The lowest BCUT2D eigenvalue weighted by Gasteiger charge is -2.39. The van der Waals surface area contributed by atoms with Gasteiger partial charge in [0.05, 0.1) is 6.61 Å². The third kappa shape index (κ3) is 6.81. The fourth-order valence-electron chi connectivity index (χ4n) is 2.92. The standard InChI is InChI=1S/C21H32N2O3/c1-5-6-14-25-19-15-18(22-16-17-10-8-7-9-11-17)12-13-23(19)20(24)26-21(2,3)4/h5-11,18-19,22H,12-16H2,1-4H3/b6-5+. The Hall–Kier alpha value is -1.85. The summed E-state index contributed by atoms with van der Waals surface area (Å²) in [7, 11) is 0. The van der Waals surface area contributed by atoms with E-state index in [9.17, 15) is 4.79 Å². The van der Waals surface area contributed by atoms with Gasteiger partial charge in [-0.1, -0.05) is 42.5 Å². The highest BCUT2D eigenvalue weighted by Gasteiger charge is 2.34. The van der Waals surface area contributed by atoms with Gasteiger partial charge in [-0.15, -0.1) is 0 Å². The highest BCUT2D eigenvalue weighted by molar-refractivity contribution is 5.68. The first kappa shape index (κ1) is 20.5. The predicted molar refractivity (Wildman–Crippen MR) is 104 cm³/mol. The van der Waals surface area contributed by atoms with Crippen molar-refractivity contribution in [2.24, 2.45) is 0 Å². The van der Waals surface area contributed by atoms with Crippen molar-refractivity contribution in [1.29, 1.82) is 0 Å². The smallest absolute Gasteiger partial charge is 0.412 e. The summed E-state index contributed by atoms with van der Waals surface area (Å²) in [6.45, 7) is 9.55. The molecule has 0 bridgehead atoms. The second-order valence-corrected chi connectivity index (χ2v) is 7.62. The summed E-state index contributed by atoms with van der Waals surface area (Å²) in [6, 6.07) is 10.7. The molecule has 5 nitrogen and oxygen atoms in total. The van der Waals surface area contributed by atoms with Crippen molar-refractivity contribution in [2.75, 3.05) is 13.2 Å². The zero-order chi connectivity index (χ0) is 19.0. The van der Waals surface area contributed by atoms with Gasteiger partial charge in [-0.05, 0) is 39.7 Å². The van der Waals surface area contributed by atoms with Crippen LogP contribution in [0.25, 0.3) is 0 Å². The lowest BCUT2D eigenvalue weighted by Crippen LogP contribution is -2.53. The van der Waals surface area contributed by atoms with Crippen LogP contribution in [0.15, 0.2) is 42.5 Å². The molecular weight excluding hydrogens is 328 g/mol. The van der Waals surface area contributed by atoms with Crippen molar-refractivity contribution < 1.29 is 14.3 Å². The van der Waals surface area contributed by atoms with E-state index in [1.807, 2.05) is 58.0 Å². The van der Waals surface area contributed by atoms with Gasteiger partial charge >= 0.3 is 6.09 Å². The molecule has 1 fully saturated rings. The molecule has 1 aromatic rings. The Bertz CT molecular complexity index is 581. The molecule has 1 aromatic carbocycles. The topological polar surface area (TPSA) is 50.8 Å². The number of benzene rings is 1. The van der Waals surface area contributed by atoms with Gasteiger partial charge in [-0.3, -0.25) is 4.90 Å². The highest BCUT2D eigenvalue weighted by atomic mass is 16.6. The van der Waals surface area contributed by atoms with E-state index in [1.165, 1.54) is 5.56 Å². The van der Waals surface area contributed by atoms with Crippen molar-refractivity contribution in [3.63, 3.8) is 0 Å². The molecule has 1 heterocycles. The maximum Gasteiger partial charge on any atom is 0.412 e. The Kier molecular flexibility index (Phi) is 7.66. The molecule has 0 spiro atoms. The van der Waals surface area contributed by atoms with Crippen molar-refractivity contribution in [3.8, 4) is 0 Å². The van der Waals surface area contributed by atoms with Crippen molar-refractivity contribution >= 4 is 6.09 Å². The predicted octanol–water partition coefficient (Wildman–Crippen LogP) is 4.09. The molecule has 2 unspecified atom stereocenters. The number of hydrogen-bond donors (Lipinski definition) is 1. The molecule has 144 valence electrons. The first-order chi connectivity index (χ1) is 12.4. The highest BCUT2D eigenvalue weighted by Crippen LogP contribution is 2.22. The van der Waals surface area contributed by atoms with Gasteiger partial charge in [0.2, 0.25) is 0 Å². The van der Waals surface area contributed by atoms with E-state index >= 15 is 0 Å². The number of piperidine rings is 1. The molecule has 26 heavy (non-hydrogen) atoms. The first-order valence-electron chi connectivity index (χ1n) is 9.38. The molecule has 0 aromatic heterocycles. The van der Waals surface area contributed by atoms with E-state index in [2.05, 4.69) is 17.4 Å². The van der Waals surface area contributed by atoms with Gasteiger partial charge in [0, 0.05) is 25.6 Å². The van der Waals surface area contributed by atoms with Gasteiger partial charge in [0.15, 0.2) is 0 Å². The molecule has 2 atom stereocenters. The Morgan fingerprint density at radius 3 is 2.69 bits per heavy atom. The van der Waals surface area contributed by atoms with Crippen LogP contribution in [0.2, 0.25) is 0 Å². The normalized spacial score (nSPS) is 21.2. The third-order valence-electron chi connectivity index (χ3n) is 4.24. The van der Waals surface area contributed by atoms with Gasteiger partial charge in [-0.25, -0.2) is 4.79 Å². The Labute approximate surface area is 157 Å². The summed E-state index contributed by atoms with van der Waals surface area (Å²) in [5.41, 5.74) is 0.751. The van der Waals surface area contributed by atoms with E-state index in [4.69, 9.17) is 9.47 Å². The number of nitrogens with one attached hydrogen (secondary N) is 1. The minimum Gasteiger partial charge on any atom is -0.444 e. The summed E-state index contributed by atoms with van der Waals surface area (Å²) in [4.78, 5) is 14.2. The molecule has 1 N–H and O–H groups in total. The summed E-state index contributed by atoms with van der Waals surface area (Å²) in [6.07, 6.45) is 4.96.